The second-order valence-electron chi connectivity index (χ2n) is 5.21. The van der Waals surface area contributed by atoms with Crippen molar-refractivity contribution in [2.24, 2.45) is 0 Å². The zero-order valence-electron chi connectivity index (χ0n) is 13.5. The van der Waals surface area contributed by atoms with Crippen molar-refractivity contribution in [2.75, 3.05) is 17.3 Å². The number of pyridine rings is 1. The Morgan fingerprint density at radius 2 is 1.92 bits per heavy atom. The van der Waals surface area contributed by atoms with E-state index in [1.165, 1.54) is 4.90 Å². The second-order valence-corrected chi connectivity index (χ2v) is 5.21. The van der Waals surface area contributed by atoms with Crippen LogP contribution in [0.25, 0.3) is 11.0 Å². The molecule has 0 saturated carbocycles. The topological polar surface area (TPSA) is 96.8 Å². The Balaban J connectivity index is 1.89. The average Bonchev–Trinajstić information content (AvgIpc) is 2.61. The predicted molar refractivity (Wildman–Crippen MR) is 91.0 cm³/mol. The van der Waals surface area contributed by atoms with Crippen LogP contribution in [-0.4, -0.2) is 37.9 Å². The summed E-state index contributed by atoms with van der Waals surface area (Å²) in [4.78, 5) is 34.6. The van der Waals surface area contributed by atoms with Gasteiger partial charge in [-0.05, 0) is 18.6 Å². The van der Waals surface area contributed by atoms with Crippen molar-refractivity contribution in [2.45, 2.75) is 19.8 Å². The summed E-state index contributed by atoms with van der Waals surface area (Å²) in [5.74, 6) is 0.719. The van der Waals surface area contributed by atoms with Gasteiger partial charge < -0.3 is 5.32 Å². The Kier molecular flexibility index (Phi) is 4.55. The first-order valence-electron chi connectivity index (χ1n) is 7.61. The van der Waals surface area contributed by atoms with Gasteiger partial charge in [0.1, 0.15) is 0 Å². The van der Waals surface area contributed by atoms with E-state index in [0.717, 1.165) is 12.1 Å². The molecule has 1 amide bonds. The van der Waals surface area contributed by atoms with Crippen molar-refractivity contribution in [1.82, 2.24) is 24.9 Å². The molecule has 0 aliphatic carbocycles. The summed E-state index contributed by atoms with van der Waals surface area (Å²) in [6.07, 6.45) is 7.85. The highest BCUT2D eigenvalue weighted by molar-refractivity contribution is 5.91. The van der Waals surface area contributed by atoms with Crippen molar-refractivity contribution >= 4 is 34.5 Å². The van der Waals surface area contributed by atoms with Crippen molar-refractivity contribution in [3.05, 3.63) is 36.9 Å². The van der Waals surface area contributed by atoms with Crippen molar-refractivity contribution in [1.29, 1.82) is 0 Å². The fourth-order valence-electron chi connectivity index (χ4n) is 2.09. The number of aromatic nitrogens is 5. The molecule has 0 radical (unpaired) electrons. The van der Waals surface area contributed by atoms with Crippen LogP contribution in [0.15, 0.2) is 36.9 Å². The maximum Gasteiger partial charge on any atom is 0.233 e. The molecule has 0 spiro atoms. The summed E-state index contributed by atoms with van der Waals surface area (Å²) >= 11 is 0. The molecule has 1 N–H and O–H groups in total. The third-order valence-corrected chi connectivity index (χ3v) is 3.40. The van der Waals surface area contributed by atoms with Gasteiger partial charge in [0, 0.05) is 43.9 Å². The van der Waals surface area contributed by atoms with E-state index in [4.69, 9.17) is 0 Å². The van der Waals surface area contributed by atoms with Crippen molar-refractivity contribution in [3.63, 3.8) is 0 Å². The minimum absolute atomic E-state index is 0.0268. The summed E-state index contributed by atoms with van der Waals surface area (Å²) in [7, 11) is 1.66. The highest BCUT2D eigenvalue weighted by Gasteiger charge is 2.13. The van der Waals surface area contributed by atoms with Crippen LogP contribution in [-0.2, 0) is 4.79 Å². The Morgan fingerprint density at radius 1 is 1.17 bits per heavy atom. The lowest BCUT2D eigenvalue weighted by molar-refractivity contribution is -0.118. The third kappa shape index (κ3) is 3.43. The molecule has 122 valence electrons. The number of rotatable bonds is 5. The number of anilines is 3. The Hall–Kier alpha value is -3.16. The van der Waals surface area contributed by atoms with E-state index in [9.17, 15) is 4.79 Å². The molecular weight excluding hydrogens is 306 g/mol. The Bertz CT molecular complexity index is 853. The molecule has 0 aliphatic heterocycles. The summed E-state index contributed by atoms with van der Waals surface area (Å²) in [6.45, 7) is 1.96. The molecule has 0 aliphatic rings. The summed E-state index contributed by atoms with van der Waals surface area (Å²) in [6, 6.07) is 3.63. The largest absolute Gasteiger partial charge is 0.324 e. The van der Waals surface area contributed by atoms with Crippen LogP contribution in [0, 0.1) is 0 Å². The molecule has 0 atom stereocenters. The van der Waals surface area contributed by atoms with E-state index in [1.54, 1.807) is 31.8 Å². The normalized spacial score (nSPS) is 10.6. The lowest BCUT2D eigenvalue weighted by atomic mass is 10.3. The first kappa shape index (κ1) is 15.7. The van der Waals surface area contributed by atoms with Crippen LogP contribution in [0.1, 0.15) is 19.8 Å². The lowest BCUT2D eigenvalue weighted by Gasteiger charge is -2.14. The molecule has 0 bridgehead atoms. The summed E-state index contributed by atoms with van der Waals surface area (Å²) in [5, 5.41) is 3.79. The standard InChI is InChI=1S/C16H17N7O/c1-3-4-13(24)23(2)16-19-10-11-9-18-15(21-14(11)22-16)20-12-5-7-17-8-6-12/h5-10H,3-4H2,1-2H3,(H,17,18,19,20,21,22). The van der Waals surface area contributed by atoms with Crippen molar-refractivity contribution < 1.29 is 4.79 Å². The Labute approximate surface area is 139 Å². The van der Waals surface area contributed by atoms with E-state index >= 15 is 0 Å². The van der Waals surface area contributed by atoms with E-state index in [2.05, 4.69) is 30.2 Å². The van der Waals surface area contributed by atoms with Gasteiger partial charge in [0.2, 0.25) is 17.8 Å². The van der Waals surface area contributed by atoms with E-state index < -0.39 is 0 Å². The molecule has 0 saturated heterocycles. The molecule has 3 heterocycles. The molecule has 8 nitrogen and oxygen atoms in total. The van der Waals surface area contributed by atoms with Gasteiger partial charge in [-0.1, -0.05) is 6.92 Å². The Morgan fingerprint density at radius 3 is 2.67 bits per heavy atom. The predicted octanol–water partition coefficient (Wildman–Crippen LogP) is 2.32. The first-order chi connectivity index (χ1) is 11.7. The first-order valence-corrected chi connectivity index (χ1v) is 7.61. The number of hydrogen-bond donors (Lipinski definition) is 1. The van der Waals surface area contributed by atoms with Gasteiger partial charge in [-0.25, -0.2) is 9.97 Å². The van der Waals surface area contributed by atoms with Gasteiger partial charge in [0.25, 0.3) is 0 Å². The molecule has 0 fully saturated rings. The summed E-state index contributed by atoms with van der Waals surface area (Å²) < 4.78 is 0. The van der Waals surface area contributed by atoms with Gasteiger partial charge in [0.15, 0.2) is 5.65 Å². The van der Waals surface area contributed by atoms with Crippen LogP contribution in [0.4, 0.5) is 17.6 Å². The minimum atomic E-state index is -0.0268. The van der Waals surface area contributed by atoms with Gasteiger partial charge in [0.05, 0.1) is 5.39 Å². The number of hydrogen-bond acceptors (Lipinski definition) is 7. The highest BCUT2D eigenvalue weighted by Crippen LogP contribution is 2.16. The molecule has 0 unspecified atom stereocenters. The molecule has 0 aromatic carbocycles. The van der Waals surface area contributed by atoms with Crippen LogP contribution >= 0.6 is 0 Å². The zero-order chi connectivity index (χ0) is 16.9. The molecule has 24 heavy (non-hydrogen) atoms. The van der Waals surface area contributed by atoms with Gasteiger partial charge in [-0.2, -0.15) is 9.97 Å². The quantitative estimate of drug-likeness (QED) is 0.769. The fourth-order valence-corrected chi connectivity index (χ4v) is 2.09. The minimum Gasteiger partial charge on any atom is -0.324 e. The number of nitrogens with one attached hydrogen (secondary N) is 1. The maximum absolute atomic E-state index is 12.0. The fraction of sp³-hybridized carbons (Fsp3) is 0.250. The monoisotopic (exact) mass is 323 g/mol. The lowest BCUT2D eigenvalue weighted by Crippen LogP contribution is -2.27. The maximum atomic E-state index is 12.0. The zero-order valence-corrected chi connectivity index (χ0v) is 13.5. The molecule has 3 rings (SSSR count). The van der Waals surface area contributed by atoms with Gasteiger partial charge >= 0.3 is 0 Å². The van der Waals surface area contributed by atoms with Crippen LogP contribution in [0.2, 0.25) is 0 Å². The third-order valence-electron chi connectivity index (χ3n) is 3.40. The number of nitrogens with zero attached hydrogens (tertiary/aromatic N) is 6. The summed E-state index contributed by atoms with van der Waals surface area (Å²) in [5.41, 5.74) is 1.30. The smallest absolute Gasteiger partial charge is 0.233 e. The van der Waals surface area contributed by atoms with E-state index in [0.29, 0.717) is 29.4 Å². The van der Waals surface area contributed by atoms with Crippen LogP contribution in [0.5, 0.6) is 0 Å². The van der Waals surface area contributed by atoms with Crippen molar-refractivity contribution in [3.8, 4) is 0 Å². The number of carbonyl (C=O) groups excluding carboxylic acids is 1. The number of amides is 1. The molecule has 8 heteroatoms. The molecule has 3 aromatic rings. The van der Waals surface area contributed by atoms with Crippen LogP contribution in [0.3, 0.4) is 0 Å². The number of fused-ring (bicyclic) bond motifs is 1. The highest BCUT2D eigenvalue weighted by atomic mass is 16.2. The SMILES string of the molecule is CCCC(=O)N(C)c1ncc2cnc(Nc3ccncc3)nc2n1. The van der Waals surface area contributed by atoms with Crippen LogP contribution < -0.4 is 10.2 Å². The van der Waals surface area contributed by atoms with E-state index in [1.807, 2.05) is 19.1 Å². The molecular formula is C16H17N7O. The van der Waals surface area contributed by atoms with Gasteiger partial charge in [-0.15, -0.1) is 0 Å². The molecule has 3 aromatic heterocycles. The van der Waals surface area contributed by atoms with Gasteiger partial charge in [-0.3, -0.25) is 14.7 Å². The number of carbonyl (C=O) groups is 1. The average molecular weight is 323 g/mol. The second kappa shape index (κ2) is 6.95. The van der Waals surface area contributed by atoms with E-state index in [-0.39, 0.29) is 5.91 Å².